The van der Waals surface area contributed by atoms with Crippen LogP contribution >= 0.6 is 0 Å². The van der Waals surface area contributed by atoms with Gasteiger partial charge < -0.3 is 15.1 Å². The number of nitrogens with zero attached hydrogens (tertiary/aromatic N) is 3. The molecule has 0 spiro atoms. The number of imide groups is 1. The van der Waals surface area contributed by atoms with Crippen molar-refractivity contribution >= 4 is 40.1 Å². The molecule has 0 bridgehead atoms. The van der Waals surface area contributed by atoms with Crippen LogP contribution in [0.1, 0.15) is 19.4 Å². The Morgan fingerprint density at radius 1 is 0.735 bits per heavy atom. The van der Waals surface area contributed by atoms with Crippen molar-refractivity contribution in [3.8, 4) is 0 Å². The van der Waals surface area contributed by atoms with Crippen LogP contribution in [0.15, 0.2) is 84.6 Å². The van der Waals surface area contributed by atoms with E-state index in [1.807, 2.05) is 85.7 Å². The summed E-state index contributed by atoms with van der Waals surface area (Å²) in [6.45, 7) is 6.08. The van der Waals surface area contributed by atoms with Crippen molar-refractivity contribution in [3.63, 3.8) is 0 Å². The summed E-state index contributed by atoms with van der Waals surface area (Å²) in [7, 11) is 3.90. The highest BCUT2D eigenvalue weighted by Crippen LogP contribution is 2.34. The van der Waals surface area contributed by atoms with Crippen LogP contribution in [-0.4, -0.2) is 39.0 Å². The summed E-state index contributed by atoms with van der Waals surface area (Å²) in [5.74, 6) is -0.703. The molecule has 1 heterocycles. The second-order valence-corrected chi connectivity index (χ2v) is 8.32. The summed E-state index contributed by atoms with van der Waals surface area (Å²) in [6.07, 6.45) is 0. The second kappa shape index (κ2) is 9.83. The van der Waals surface area contributed by atoms with Gasteiger partial charge in [0.2, 0.25) is 0 Å². The van der Waals surface area contributed by atoms with Gasteiger partial charge in [0.25, 0.3) is 11.8 Å². The number of carbonyl (C=O) groups excluding carboxylic acids is 2. The molecule has 3 aromatic carbocycles. The fourth-order valence-corrected chi connectivity index (χ4v) is 4.14. The second-order valence-electron chi connectivity index (χ2n) is 8.32. The number of benzene rings is 3. The van der Waals surface area contributed by atoms with Gasteiger partial charge in [-0.25, -0.2) is 4.90 Å². The topological polar surface area (TPSA) is 55.9 Å². The first-order valence-electron chi connectivity index (χ1n) is 11.5. The van der Waals surface area contributed by atoms with Crippen LogP contribution < -0.4 is 20.0 Å². The summed E-state index contributed by atoms with van der Waals surface area (Å²) in [4.78, 5) is 32.6. The maximum absolute atomic E-state index is 13.6. The van der Waals surface area contributed by atoms with Crippen LogP contribution in [0.2, 0.25) is 0 Å². The molecular weight excluding hydrogens is 424 g/mol. The first kappa shape index (κ1) is 23.1. The lowest BCUT2D eigenvalue weighted by molar-refractivity contribution is -0.120. The minimum atomic E-state index is -0.366. The lowest BCUT2D eigenvalue weighted by Crippen LogP contribution is -2.32. The van der Waals surface area contributed by atoms with Gasteiger partial charge in [-0.2, -0.15) is 0 Å². The van der Waals surface area contributed by atoms with Crippen LogP contribution in [-0.2, 0) is 9.59 Å². The van der Waals surface area contributed by atoms with Crippen molar-refractivity contribution in [3.05, 3.63) is 90.1 Å². The Balaban J connectivity index is 1.70. The molecule has 1 aliphatic heterocycles. The number of nitrogens with one attached hydrogen (secondary N) is 1. The first-order chi connectivity index (χ1) is 16.4. The number of carbonyl (C=O) groups is 2. The Morgan fingerprint density at radius 2 is 1.32 bits per heavy atom. The molecule has 2 amide bonds. The molecule has 34 heavy (non-hydrogen) atoms. The van der Waals surface area contributed by atoms with E-state index in [0.29, 0.717) is 16.8 Å². The van der Waals surface area contributed by atoms with Gasteiger partial charge in [0.05, 0.1) is 11.3 Å². The monoisotopic (exact) mass is 454 g/mol. The lowest BCUT2D eigenvalue weighted by Gasteiger charge is -2.21. The minimum Gasteiger partial charge on any atom is -0.378 e. The van der Waals surface area contributed by atoms with Gasteiger partial charge >= 0.3 is 0 Å². The number of rotatable bonds is 8. The fraction of sp³-hybridized carbons (Fsp3) is 0.214. The number of anilines is 4. The Bertz CT molecular complexity index is 1200. The van der Waals surface area contributed by atoms with E-state index >= 15 is 0 Å². The first-order valence-corrected chi connectivity index (χ1v) is 11.5. The van der Waals surface area contributed by atoms with Gasteiger partial charge in [0.15, 0.2) is 0 Å². The van der Waals surface area contributed by atoms with Crippen molar-refractivity contribution in [2.75, 3.05) is 47.2 Å². The van der Waals surface area contributed by atoms with Gasteiger partial charge in [-0.05, 0) is 67.9 Å². The maximum Gasteiger partial charge on any atom is 0.282 e. The largest absolute Gasteiger partial charge is 0.378 e. The molecule has 0 unspecified atom stereocenters. The average molecular weight is 455 g/mol. The van der Waals surface area contributed by atoms with Crippen LogP contribution in [0.3, 0.4) is 0 Å². The van der Waals surface area contributed by atoms with E-state index in [1.165, 1.54) is 4.90 Å². The highest BCUT2D eigenvalue weighted by atomic mass is 16.2. The highest BCUT2D eigenvalue weighted by Gasteiger charge is 2.40. The Labute approximate surface area is 201 Å². The van der Waals surface area contributed by atoms with Crippen molar-refractivity contribution in [2.45, 2.75) is 13.8 Å². The fourth-order valence-electron chi connectivity index (χ4n) is 4.14. The maximum atomic E-state index is 13.6. The molecular formula is C28H30N4O2. The van der Waals surface area contributed by atoms with Crippen LogP contribution in [0.25, 0.3) is 5.57 Å². The highest BCUT2D eigenvalue weighted by molar-refractivity contribution is 6.46. The molecule has 174 valence electrons. The van der Waals surface area contributed by atoms with E-state index in [1.54, 1.807) is 12.1 Å². The summed E-state index contributed by atoms with van der Waals surface area (Å²) in [5.41, 5.74) is 4.76. The zero-order chi connectivity index (χ0) is 24.2. The van der Waals surface area contributed by atoms with Gasteiger partial charge in [-0.3, -0.25) is 9.59 Å². The van der Waals surface area contributed by atoms with Gasteiger partial charge in [0, 0.05) is 44.2 Å². The van der Waals surface area contributed by atoms with Crippen LogP contribution in [0, 0.1) is 0 Å². The van der Waals surface area contributed by atoms with Crippen LogP contribution in [0.5, 0.6) is 0 Å². The molecule has 0 saturated heterocycles. The molecule has 6 nitrogen and oxygen atoms in total. The molecule has 0 aliphatic carbocycles. The number of hydrogen-bond acceptors (Lipinski definition) is 5. The normalized spacial score (nSPS) is 13.5. The summed E-state index contributed by atoms with van der Waals surface area (Å²) >= 11 is 0. The SMILES string of the molecule is CCN(CC)c1ccc(NC2=C(c3ccccc3)C(=O)N(c3ccc(N(C)C)cc3)C2=O)cc1. The number of hydrogen-bond donors (Lipinski definition) is 1. The molecule has 0 aromatic heterocycles. The standard InChI is InChI=1S/C28H30N4O2/c1-5-31(6-2)23-14-12-21(13-15-23)29-26-25(20-10-8-7-9-11-20)27(33)32(28(26)34)24-18-16-22(17-19-24)30(3)4/h7-19,29H,5-6H2,1-4H3. The third-order valence-corrected chi connectivity index (χ3v) is 6.04. The van der Waals surface area contributed by atoms with Gasteiger partial charge in [-0.1, -0.05) is 30.3 Å². The molecule has 1 N–H and O–H groups in total. The molecule has 4 rings (SSSR count). The smallest absolute Gasteiger partial charge is 0.282 e. The Hall–Kier alpha value is -4.06. The summed E-state index contributed by atoms with van der Waals surface area (Å²) < 4.78 is 0. The summed E-state index contributed by atoms with van der Waals surface area (Å²) in [5, 5.41) is 3.24. The van der Waals surface area contributed by atoms with E-state index in [9.17, 15) is 9.59 Å². The van der Waals surface area contributed by atoms with Gasteiger partial charge in [-0.15, -0.1) is 0 Å². The van der Waals surface area contributed by atoms with Crippen molar-refractivity contribution in [1.82, 2.24) is 0 Å². The predicted molar refractivity (Wildman–Crippen MR) is 140 cm³/mol. The molecule has 0 radical (unpaired) electrons. The third-order valence-electron chi connectivity index (χ3n) is 6.04. The average Bonchev–Trinajstić information content (AvgIpc) is 3.10. The number of amides is 2. The van der Waals surface area contributed by atoms with E-state index in [0.717, 1.165) is 30.2 Å². The predicted octanol–water partition coefficient (Wildman–Crippen LogP) is 5.00. The molecule has 1 aliphatic rings. The minimum absolute atomic E-state index is 0.281. The summed E-state index contributed by atoms with van der Waals surface area (Å²) in [6, 6.07) is 24.7. The van der Waals surface area contributed by atoms with Crippen molar-refractivity contribution in [2.24, 2.45) is 0 Å². The zero-order valence-electron chi connectivity index (χ0n) is 20.1. The Kier molecular flexibility index (Phi) is 6.68. The van der Waals surface area contributed by atoms with Crippen molar-refractivity contribution in [1.29, 1.82) is 0 Å². The van der Waals surface area contributed by atoms with Crippen LogP contribution in [0.4, 0.5) is 22.7 Å². The van der Waals surface area contributed by atoms with E-state index in [-0.39, 0.29) is 17.5 Å². The van der Waals surface area contributed by atoms with E-state index in [4.69, 9.17) is 0 Å². The zero-order valence-corrected chi connectivity index (χ0v) is 20.1. The Morgan fingerprint density at radius 3 is 1.88 bits per heavy atom. The lowest BCUT2D eigenvalue weighted by atomic mass is 10.0. The molecule has 6 heteroatoms. The molecule has 3 aromatic rings. The molecule has 0 fully saturated rings. The van der Waals surface area contributed by atoms with E-state index in [2.05, 4.69) is 24.1 Å². The molecule has 0 saturated carbocycles. The van der Waals surface area contributed by atoms with E-state index < -0.39 is 0 Å². The van der Waals surface area contributed by atoms with Crippen molar-refractivity contribution < 1.29 is 9.59 Å². The third kappa shape index (κ3) is 4.39. The molecule has 0 atom stereocenters. The quantitative estimate of drug-likeness (QED) is 0.486. The van der Waals surface area contributed by atoms with Gasteiger partial charge in [0.1, 0.15) is 5.70 Å².